The molecule has 3 rings (SSSR count). The van der Waals surface area contributed by atoms with Crippen LogP contribution in [-0.4, -0.2) is 34.5 Å². The number of benzene rings is 2. The second-order valence-corrected chi connectivity index (χ2v) is 9.27. The predicted molar refractivity (Wildman–Crippen MR) is 113 cm³/mol. The Bertz CT molecular complexity index is 970. The van der Waals surface area contributed by atoms with Gasteiger partial charge in [-0.05, 0) is 49.2 Å². The molecule has 1 saturated carbocycles. The molecular weight excluding hydrogens is 398 g/mol. The molecule has 0 atom stereocenters. The van der Waals surface area contributed by atoms with Gasteiger partial charge in [-0.25, -0.2) is 13.1 Å². The average molecular weight is 422 g/mol. The standard InChI is InChI=1S/C20H24ClN3O3S/c1-24(2)19-11-10-16(13-18(19)21)22-20(25)14-6-5-9-17(12-14)28(26,27)23-15-7-3-4-8-15/h5-6,9-13,15,23H,3-4,7-8H2,1-2H3,(H,22,25). The van der Waals surface area contributed by atoms with Gasteiger partial charge in [0.2, 0.25) is 10.0 Å². The normalized spacial score (nSPS) is 14.8. The summed E-state index contributed by atoms with van der Waals surface area (Å²) in [6.07, 6.45) is 3.77. The van der Waals surface area contributed by atoms with E-state index in [1.165, 1.54) is 12.1 Å². The summed E-state index contributed by atoms with van der Waals surface area (Å²) in [5.41, 5.74) is 1.64. The minimum absolute atomic E-state index is 0.0279. The maximum absolute atomic E-state index is 12.6. The van der Waals surface area contributed by atoms with E-state index in [2.05, 4.69) is 10.0 Å². The van der Waals surface area contributed by atoms with Crippen molar-refractivity contribution in [2.24, 2.45) is 0 Å². The highest BCUT2D eigenvalue weighted by Gasteiger charge is 2.23. The average Bonchev–Trinajstić information content (AvgIpc) is 3.14. The van der Waals surface area contributed by atoms with E-state index in [9.17, 15) is 13.2 Å². The summed E-state index contributed by atoms with van der Waals surface area (Å²) in [5.74, 6) is -0.397. The van der Waals surface area contributed by atoms with E-state index in [0.717, 1.165) is 31.4 Å². The first-order valence-corrected chi connectivity index (χ1v) is 11.0. The van der Waals surface area contributed by atoms with Crippen LogP contribution in [0.1, 0.15) is 36.0 Å². The number of nitrogens with one attached hydrogen (secondary N) is 2. The second-order valence-electron chi connectivity index (χ2n) is 7.15. The largest absolute Gasteiger partial charge is 0.376 e. The molecule has 0 spiro atoms. The zero-order valence-electron chi connectivity index (χ0n) is 15.9. The fourth-order valence-corrected chi connectivity index (χ4v) is 4.99. The molecule has 2 aromatic carbocycles. The van der Waals surface area contributed by atoms with E-state index in [1.807, 2.05) is 25.1 Å². The van der Waals surface area contributed by atoms with Gasteiger partial charge >= 0.3 is 0 Å². The maximum atomic E-state index is 12.6. The monoisotopic (exact) mass is 421 g/mol. The molecule has 2 aromatic rings. The highest BCUT2D eigenvalue weighted by Crippen LogP contribution is 2.28. The molecule has 1 amide bonds. The van der Waals surface area contributed by atoms with Crippen molar-refractivity contribution in [2.75, 3.05) is 24.3 Å². The molecule has 0 aliphatic heterocycles. The molecule has 1 aliphatic rings. The van der Waals surface area contributed by atoms with E-state index >= 15 is 0 Å². The lowest BCUT2D eigenvalue weighted by molar-refractivity contribution is 0.102. The summed E-state index contributed by atoms with van der Waals surface area (Å²) in [7, 11) is 0.109. The number of amides is 1. The Labute approximate surface area is 170 Å². The fraction of sp³-hybridized carbons (Fsp3) is 0.350. The quantitative estimate of drug-likeness (QED) is 0.741. The van der Waals surface area contributed by atoms with Crippen molar-refractivity contribution in [3.63, 3.8) is 0 Å². The topological polar surface area (TPSA) is 78.5 Å². The molecular formula is C20H24ClN3O3S. The first-order chi connectivity index (χ1) is 13.3. The fourth-order valence-electron chi connectivity index (χ4n) is 3.29. The molecule has 0 saturated heterocycles. The van der Waals surface area contributed by atoms with Gasteiger partial charge in [0.1, 0.15) is 0 Å². The van der Waals surface area contributed by atoms with Crippen LogP contribution in [0.4, 0.5) is 11.4 Å². The lowest BCUT2D eigenvalue weighted by atomic mass is 10.2. The minimum Gasteiger partial charge on any atom is -0.376 e. The van der Waals surface area contributed by atoms with Gasteiger partial charge in [0.05, 0.1) is 15.6 Å². The van der Waals surface area contributed by atoms with Crippen molar-refractivity contribution >= 4 is 38.9 Å². The van der Waals surface area contributed by atoms with Gasteiger partial charge < -0.3 is 10.2 Å². The van der Waals surface area contributed by atoms with Gasteiger partial charge in [-0.15, -0.1) is 0 Å². The van der Waals surface area contributed by atoms with Crippen LogP contribution in [0.3, 0.4) is 0 Å². The molecule has 1 fully saturated rings. The Balaban J connectivity index is 1.76. The maximum Gasteiger partial charge on any atom is 0.255 e. The number of carbonyl (C=O) groups is 1. The van der Waals surface area contributed by atoms with E-state index in [1.54, 1.807) is 24.3 Å². The molecule has 150 valence electrons. The van der Waals surface area contributed by atoms with Crippen LogP contribution in [0.25, 0.3) is 0 Å². The number of nitrogens with zero attached hydrogens (tertiary/aromatic N) is 1. The van der Waals surface area contributed by atoms with Gasteiger partial charge in [-0.3, -0.25) is 4.79 Å². The van der Waals surface area contributed by atoms with E-state index in [0.29, 0.717) is 10.7 Å². The Morgan fingerprint density at radius 1 is 1.11 bits per heavy atom. The van der Waals surface area contributed by atoms with Crippen molar-refractivity contribution in [2.45, 2.75) is 36.6 Å². The molecule has 2 N–H and O–H groups in total. The molecule has 0 aromatic heterocycles. The van der Waals surface area contributed by atoms with E-state index < -0.39 is 15.9 Å². The minimum atomic E-state index is -3.65. The molecule has 28 heavy (non-hydrogen) atoms. The smallest absolute Gasteiger partial charge is 0.255 e. The summed E-state index contributed by atoms with van der Waals surface area (Å²) in [6, 6.07) is 11.2. The highest BCUT2D eigenvalue weighted by atomic mass is 35.5. The molecule has 0 heterocycles. The Morgan fingerprint density at radius 3 is 2.46 bits per heavy atom. The third-order valence-corrected chi connectivity index (χ3v) is 6.59. The summed E-state index contributed by atoms with van der Waals surface area (Å²) in [5, 5.41) is 3.27. The van der Waals surface area contributed by atoms with Gasteiger partial charge in [-0.2, -0.15) is 0 Å². The molecule has 0 unspecified atom stereocenters. The number of carbonyl (C=O) groups excluding carboxylic acids is 1. The Kier molecular flexibility index (Phi) is 6.27. The zero-order valence-corrected chi connectivity index (χ0v) is 17.5. The van der Waals surface area contributed by atoms with Crippen LogP contribution in [-0.2, 0) is 10.0 Å². The van der Waals surface area contributed by atoms with Crippen LogP contribution in [0.5, 0.6) is 0 Å². The Morgan fingerprint density at radius 2 is 1.82 bits per heavy atom. The third kappa shape index (κ3) is 4.84. The van der Waals surface area contributed by atoms with Gasteiger partial charge in [-0.1, -0.05) is 30.5 Å². The molecule has 0 bridgehead atoms. The van der Waals surface area contributed by atoms with E-state index in [-0.39, 0.29) is 16.5 Å². The summed E-state index contributed by atoms with van der Waals surface area (Å²) >= 11 is 6.24. The van der Waals surface area contributed by atoms with Crippen LogP contribution in [0.15, 0.2) is 47.4 Å². The van der Waals surface area contributed by atoms with Gasteiger partial charge in [0.25, 0.3) is 5.91 Å². The summed E-state index contributed by atoms with van der Waals surface area (Å²) in [6.45, 7) is 0. The van der Waals surface area contributed by atoms with Crippen LogP contribution in [0, 0.1) is 0 Å². The number of anilines is 2. The number of hydrogen-bond donors (Lipinski definition) is 2. The van der Waals surface area contributed by atoms with Gasteiger partial charge in [0, 0.05) is 31.4 Å². The molecule has 0 radical (unpaired) electrons. The SMILES string of the molecule is CN(C)c1ccc(NC(=O)c2cccc(S(=O)(=O)NC3CCCC3)c2)cc1Cl. The summed E-state index contributed by atoms with van der Waals surface area (Å²) in [4.78, 5) is 14.6. The molecule has 6 nitrogen and oxygen atoms in total. The predicted octanol–water partition coefficient (Wildman–Crippen LogP) is 3.88. The van der Waals surface area contributed by atoms with Crippen molar-refractivity contribution in [1.82, 2.24) is 4.72 Å². The molecule has 1 aliphatic carbocycles. The van der Waals surface area contributed by atoms with E-state index in [4.69, 9.17) is 11.6 Å². The first kappa shape index (κ1) is 20.6. The van der Waals surface area contributed by atoms with Crippen molar-refractivity contribution in [1.29, 1.82) is 0 Å². The van der Waals surface area contributed by atoms with Crippen LogP contribution in [0.2, 0.25) is 5.02 Å². The van der Waals surface area contributed by atoms with Gasteiger partial charge in [0.15, 0.2) is 0 Å². The lowest BCUT2D eigenvalue weighted by Crippen LogP contribution is -2.32. The molecule has 8 heteroatoms. The van der Waals surface area contributed by atoms with Crippen LogP contribution < -0.4 is 14.9 Å². The number of hydrogen-bond acceptors (Lipinski definition) is 4. The summed E-state index contributed by atoms with van der Waals surface area (Å²) < 4.78 is 27.9. The zero-order chi connectivity index (χ0) is 20.3. The number of sulfonamides is 1. The van der Waals surface area contributed by atoms with Crippen molar-refractivity contribution in [3.05, 3.63) is 53.1 Å². The number of rotatable bonds is 6. The van der Waals surface area contributed by atoms with Crippen LogP contribution >= 0.6 is 11.6 Å². The van der Waals surface area contributed by atoms with Crippen molar-refractivity contribution in [3.8, 4) is 0 Å². The lowest BCUT2D eigenvalue weighted by Gasteiger charge is -2.15. The Hall–Kier alpha value is -2.09. The van der Waals surface area contributed by atoms with Crippen molar-refractivity contribution < 1.29 is 13.2 Å². The number of halogens is 1. The third-order valence-electron chi connectivity index (χ3n) is 4.77. The second kappa shape index (κ2) is 8.51. The highest BCUT2D eigenvalue weighted by molar-refractivity contribution is 7.89. The first-order valence-electron chi connectivity index (χ1n) is 9.17.